The van der Waals surface area contributed by atoms with Crippen molar-refractivity contribution in [1.29, 1.82) is 0 Å². The molecule has 0 atom stereocenters. The first-order valence-electron chi connectivity index (χ1n) is 6.73. The predicted molar refractivity (Wildman–Crippen MR) is 82.8 cm³/mol. The van der Waals surface area contributed by atoms with Gasteiger partial charge in [0.15, 0.2) is 5.58 Å². The zero-order valence-electron chi connectivity index (χ0n) is 11.6. The highest BCUT2D eigenvalue weighted by Crippen LogP contribution is 2.18. The monoisotopic (exact) mass is 281 g/mol. The van der Waals surface area contributed by atoms with Crippen molar-refractivity contribution in [2.45, 2.75) is 6.92 Å². The number of ether oxygens (including phenoxy) is 1. The van der Waals surface area contributed by atoms with Gasteiger partial charge in [-0.05, 0) is 31.2 Å². The predicted octanol–water partition coefficient (Wildman–Crippen LogP) is 3.67. The third-order valence-electron chi connectivity index (χ3n) is 2.88. The number of nitrogens with one attached hydrogen (secondary N) is 1. The molecule has 0 saturated carbocycles. The van der Waals surface area contributed by atoms with Crippen LogP contribution in [0.1, 0.15) is 12.5 Å². The molecule has 0 unspecified atom stereocenters. The summed E-state index contributed by atoms with van der Waals surface area (Å²) in [5.41, 5.74) is 5.20. The maximum absolute atomic E-state index is 5.53. The van der Waals surface area contributed by atoms with Crippen LogP contribution in [0.5, 0.6) is 5.75 Å². The van der Waals surface area contributed by atoms with Gasteiger partial charge in [-0.25, -0.2) is 5.43 Å². The molecule has 1 heterocycles. The van der Waals surface area contributed by atoms with Crippen molar-refractivity contribution in [2.75, 3.05) is 12.0 Å². The van der Waals surface area contributed by atoms with E-state index in [1.165, 1.54) is 0 Å². The van der Waals surface area contributed by atoms with Crippen LogP contribution >= 0.6 is 0 Å². The first kappa shape index (κ1) is 13.2. The minimum absolute atomic E-state index is 0.362. The number of hydrazone groups is 1. The fourth-order valence-electron chi connectivity index (χ4n) is 1.95. The van der Waals surface area contributed by atoms with E-state index in [1.807, 2.05) is 55.5 Å². The van der Waals surface area contributed by atoms with E-state index in [2.05, 4.69) is 15.5 Å². The van der Waals surface area contributed by atoms with Crippen LogP contribution in [-0.2, 0) is 0 Å². The second kappa shape index (κ2) is 6.09. The Kier molecular flexibility index (Phi) is 3.82. The van der Waals surface area contributed by atoms with Gasteiger partial charge >= 0.3 is 6.01 Å². The van der Waals surface area contributed by atoms with Crippen LogP contribution < -0.4 is 10.2 Å². The summed E-state index contributed by atoms with van der Waals surface area (Å²) in [4.78, 5) is 4.28. The van der Waals surface area contributed by atoms with Crippen LogP contribution in [0.25, 0.3) is 11.1 Å². The normalized spacial score (nSPS) is 11.1. The number of fused-ring (bicyclic) bond motifs is 1. The molecule has 5 heteroatoms. The van der Waals surface area contributed by atoms with E-state index in [-0.39, 0.29) is 0 Å². The molecule has 0 bridgehead atoms. The van der Waals surface area contributed by atoms with Crippen LogP contribution in [0, 0.1) is 0 Å². The van der Waals surface area contributed by atoms with Crippen molar-refractivity contribution in [3.05, 3.63) is 54.1 Å². The van der Waals surface area contributed by atoms with E-state index in [4.69, 9.17) is 9.15 Å². The lowest BCUT2D eigenvalue weighted by Crippen LogP contribution is -1.97. The molecule has 2 aromatic carbocycles. The lowest BCUT2D eigenvalue weighted by atomic mass is 10.2. The van der Waals surface area contributed by atoms with Crippen LogP contribution in [0.3, 0.4) is 0 Å². The Morgan fingerprint density at radius 2 is 2.00 bits per heavy atom. The summed E-state index contributed by atoms with van der Waals surface area (Å²) >= 11 is 0. The average molecular weight is 281 g/mol. The number of benzene rings is 2. The van der Waals surface area contributed by atoms with E-state index in [1.54, 1.807) is 6.21 Å². The van der Waals surface area contributed by atoms with Crippen LogP contribution in [0.15, 0.2) is 58.0 Å². The molecule has 0 amide bonds. The minimum atomic E-state index is 0.362. The molecule has 1 N–H and O–H groups in total. The topological polar surface area (TPSA) is 59.6 Å². The Balaban J connectivity index is 1.74. The molecule has 0 aliphatic rings. The number of anilines is 1. The van der Waals surface area contributed by atoms with Crippen LogP contribution in [0.4, 0.5) is 6.01 Å². The molecule has 3 aromatic rings. The third-order valence-corrected chi connectivity index (χ3v) is 2.88. The van der Waals surface area contributed by atoms with Crippen molar-refractivity contribution in [3.8, 4) is 5.75 Å². The lowest BCUT2D eigenvalue weighted by molar-refractivity contribution is 0.340. The van der Waals surface area contributed by atoms with Gasteiger partial charge in [0.25, 0.3) is 0 Å². The molecule has 0 aliphatic carbocycles. The Hall–Kier alpha value is -2.82. The maximum Gasteiger partial charge on any atom is 0.316 e. The van der Waals surface area contributed by atoms with Gasteiger partial charge in [0.2, 0.25) is 0 Å². The quantitative estimate of drug-likeness (QED) is 0.572. The molecule has 0 aliphatic heterocycles. The van der Waals surface area contributed by atoms with Crippen molar-refractivity contribution in [1.82, 2.24) is 4.98 Å². The molecule has 21 heavy (non-hydrogen) atoms. The number of hydrogen-bond donors (Lipinski definition) is 1. The standard InChI is InChI=1S/C16H15N3O2/c1-2-20-14-9-5-3-7-12(14)11-17-19-16-18-13-8-4-6-10-15(13)21-16/h3-11H,2H2,1H3,(H,18,19)/b17-11-. The smallest absolute Gasteiger partial charge is 0.316 e. The average Bonchev–Trinajstić information content (AvgIpc) is 2.92. The van der Waals surface area contributed by atoms with Crippen molar-refractivity contribution in [2.24, 2.45) is 5.10 Å². The molecular weight excluding hydrogens is 266 g/mol. The van der Waals surface area contributed by atoms with E-state index in [0.717, 1.165) is 22.4 Å². The molecule has 3 rings (SSSR count). The highest BCUT2D eigenvalue weighted by Gasteiger charge is 2.03. The molecule has 1 aromatic heterocycles. The summed E-state index contributed by atoms with van der Waals surface area (Å²) < 4.78 is 11.0. The van der Waals surface area contributed by atoms with Gasteiger partial charge in [0.1, 0.15) is 11.3 Å². The zero-order chi connectivity index (χ0) is 14.5. The molecule has 0 saturated heterocycles. The molecule has 5 nitrogen and oxygen atoms in total. The Bertz CT molecular complexity index is 732. The van der Waals surface area contributed by atoms with E-state index >= 15 is 0 Å². The van der Waals surface area contributed by atoms with E-state index < -0.39 is 0 Å². The number of oxazole rings is 1. The van der Waals surface area contributed by atoms with Gasteiger partial charge in [-0.2, -0.15) is 10.1 Å². The summed E-state index contributed by atoms with van der Waals surface area (Å²) in [5.74, 6) is 0.795. The Labute approximate surface area is 122 Å². The lowest BCUT2D eigenvalue weighted by Gasteiger charge is -2.05. The van der Waals surface area contributed by atoms with Crippen LogP contribution in [-0.4, -0.2) is 17.8 Å². The maximum atomic E-state index is 5.53. The summed E-state index contributed by atoms with van der Waals surface area (Å²) in [7, 11) is 0. The summed E-state index contributed by atoms with van der Waals surface area (Å²) in [6.45, 7) is 2.56. The third kappa shape index (κ3) is 3.02. The number of nitrogens with zero attached hydrogens (tertiary/aromatic N) is 2. The van der Waals surface area contributed by atoms with Gasteiger partial charge in [-0.3, -0.25) is 0 Å². The first-order valence-corrected chi connectivity index (χ1v) is 6.73. The van der Waals surface area contributed by atoms with Gasteiger partial charge < -0.3 is 9.15 Å². The number of hydrogen-bond acceptors (Lipinski definition) is 5. The highest BCUT2D eigenvalue weighted by atomic mass is 16.5. The fraction of sp³-hybridized carbons (Fsp3) is 0.125. The number of aromatic nitrogens is 1. The summed E-state index contributed by atoms with van der Waals surface area (Å²) in [6.07, 6.45) is 1.68. The van der Waals surface area contributed by atoms with Crippen molar-refractivity contribution < 1.29 is 9.15 Å². The van der Waals surface area contributed by atoms with Gasteiger partial charge in [0.05, 0.1) is 12.8 Å². The summed E-state index contributed by atoms with van der Waals surface area (Å²) in [6, 6.07) is 15.6. The SMILES string of the molecule is CCOc1ccccc1/C=N\Nc1nc2ccccc2o1. The second-order valence-electron chi connectivity index (χ2n) is 4.33. The fourth-order valence-corrected chi connectivity index (χ4v) is 1.95. The van der Waals surface area contributed by atoms with E-state index in [0.29, 0.717) is 12.6 Å². The minimum Gasteiger partial charge on any atom is -0.493 e. The highest BCUT2D eigenvalue weighted by molar-refractivity contribution is 5.84. The van der Waals surface area contributed by atoms with Crippen LogP contribution in [0.2, 0.25) is 0 Å². The van der Waals surface area contributed by atoms with Gasteiger partial charge in [0, 0.05) is 5.56 Å². The number of rotatable bonds is 5. The molecular formula is C16H15N3O2. The largest absolute Gasteiger partial charge is 0.493 e. The molecule has 0 radical (unpaired) electrons. The molecule has 0 fully saturated rings. The summed E-state index contributed by atoms with van der Waals surface area (Å²) in [5, 5.41) is 4.14. The van der Waals surface area contributed by atoms with Crippen molar-refractivity contribution in [3.63, 3.8) is 0 Å². The Morgan fingerprint density at radius 1 is 1.19 bits per heavy atom. The van der Waals surface area contributed by atoms with E-state index in [9.17, 15) is 0 Å². The van der Waals surface area contributed by atoms with Gasteiger partial charge in [-0.15, -0.1) is 0 Å². The van der Waals surface area contributed by atoms with Crippen molar-refractivity contribution >= 4 is 23.3 Å². The zero-order valence-corrected chi connectivity index (χ0v) is 11.6. The first-order chi connectivity index (χ1) is 10.4. The Morgan fingerprint density at radius 3 is 2.86 bits per heavy atom. The second-order valence-corrected chi connectivity index (χ2v) is 4.33. The number of para-hydroxylation sites is 3. The van der Waals surface area contributed by atoms with Gasteiger partial charge in [-0.1, -0.05) is 24.3 Å². The molecule has 0 spiro atoms. The molecule has 106 valence electrons.